The summed E-state index contributed by atoms with van der Waals surface area (Å²) in [6, 6.07) is 8.78. The second-order valence-electron chi connectivity index (χ2n) is 3.98. The molecular formula is C15H17P. The van der Waals surface area contributed by atoms with Gasteiger partial charge in [-0.3, -0.25) is 0 Å². The largest absolute Gasteiger partial charge is 0.0988 e. The van der Waals surface area contributed by atoms with Crippen LogP contribution in [0.1, 0.15) is 12.5 Å². The SMILES string of the molecule is C=CC1=C(/C=C\C)P(C)c2ccccc2C1. The van der Waals surface area contributed by atoms with Crippen LogP contribution in [0.25, 0.3) is 0 Å². The Morgan fingerprint density at radius 3 is 2.75 bits per heavy atom. The molecule has 0 amide bonds. The Balaban J connectivity index is 2.53. The number of benzene rings is 1. The normalized spacial score (nSPS) is 20.0. The van der Waals surface area contributed by atoms with Gasteiger partial charge in [-0.2, -0.15) is 0 Å². The molecule has 0 radical (unpaired) electrons. The van der Waals surface area contributed by atoms with Crippen molar-refractivity contribution in [2.75, 3.05) is 6.66 Å². The summed E-state index contributed by atoms with van der Waals surface area (Å²) in [5, 5.41) is 3.00. The summed E-state index contributed by atoms with van der Waals surface area (Å²) in [4.78, 5) is 0. The van der Waals surface area contributed by atoms with Gasteiger partial charge in [0.1, 0.15) is 0 Å². The Morgan fingerprint density at radius 2 is 2.06 bits per heavy atom. The Bertz CT molecular complexity index is 466. The molecule has 82 valence electrons. The van der Waals surface area contributed by atoms with Gasteiger partial charge in [0.05, 0.1) is 0 Å². The van der Waals surface area contributed by atoms with Crippen molar-refractivity contribution in [1.29, 1.82) is 0 Å². The van der Waals surface area contributed by atoms with Crippen molar-refractivity contribution in [3.8, 4) is 0 Å². The van der Waals surface area contributed by atoms with Crippen LogP contribution in [0.15, 0.2) is 60.0 Å². The smallest absolute Gasteiger partial charge is 0.00131 e. The lowest BCUT2D eigenvalue weighted by Crippen LogP contribution is -2.14. The molecule has 0 spiro atoms. The first kappa shape index (κ1) is 11.4. The fourth-order valence-corrected chi connectivity index (χ4v) is 4.31. The molecule has 0 nitrogen and oxygen atoms in total. The molecule has 0 saturated carbocycles. The zero-order valence-electron chi connectivity index (χ0n) is 9.90. The average Bonchev–Trinajstić information content (AvgIpc) is 2.33. The van der Waals surface area contributed by atoms with E-state index in [1.54, 1.807) is 0 Å². The van der Waals surface area contributed by atoms with Crippen LogP contribution in [0.3, 0.4) is 0 Å². The maximum absolute atomic E-state index is 3.94. The Hall–Kier alpha value is -1.13. The van der Waals surface area contributed by atoms with Crippen LogP contribution in [0.5, 0.6) is 0 Å². The van der Waals surface area contributed by atoms with Crippen LogP contribution < -0.4 is 5.30 Å². The average molecular weight is 228 g/mol. The highest BCUT2D eigenvalue weighted by Gasteiger charge is 2.20. The second kappa shape index (κ2) is 4.80. The van der Waals surface area contributed by atoms with Gasteiger partial charge >= 0.3 is 0 Å². The lowest BCUT2D eigenvalue weighted by molar-refractivity contribution is 1.19. The lowest BCUT2D eigenvalue weighted by atomic mass is 10.0. The molecular weight excluding hydrogens is 211 g/mol. The van der Waals surface area contributed by atoms with Gasteiger partial charge in [-0.1, -0.05) is 49.1 Å². The predicted octanol–water partition coefficient (Wildman–Crippen LogP) is 4.00. The molecule has 1 aliphatic rings. The predicted molar refractivity (Wildman–Crippen MR) is 74.7 cm³/mol. The van der Waals surface area contributed by atoms with Gasteiger partial charge in [-0.25, -0.2) is 0 Å². The third-order valence-corrected chi connectivity index (χ3v) is 5.31. The van der Waals surface area contributed by atoms with E-state index in [0.717, 1.165) is 6.42 Å². The molecule has 1 aromatic rings. The maximum Gasteiger partial charge on any atom is -0.00131 e. The molecule has 1 atom stereocenters. The van der Waals surface area contributed by atoms with E-state index in [2.05, 4.69) is 56.6 Å². The molecule has 1 aromatic carbocycles. The monoisotopic (exact) mass is 228 g/mol. The molecule has 0 bridgehead atoms. The lowest BCUT2D eigenvalue weighted by Gasteiger charge is -2.26. The molecule has 0 aliphatic carbocycles. The summed E-state index contributed by atoms with van der Waals surface area (Å²) in [5.41, 5.74) is 2.87. The molecule has 1 heteroatoms. The van der Waals surface area contributed by atoms with Crippen LogP contribution >= 0.6 is 7.92 Å². The summed E-state index contributed by atoms with van der Waals surface area (Å²) in [5.74, 6) is 0. The van der Waals surface area contributed by atoms with Crippen molar-refractivity contribution >= 4 is 13.2 Å². The quantitative estimate of drug-likeness (QED) is 0.671. The van der Waals surface area contributed by atoms with Gasteiger partial charge in [0.2, 0.25) is 0 Å². The van der Waals surface area contributed by atoms with E-state index in [9.17, 15) is 0 Å². The molecule has 1 unspecified atom stereocenters. The van der Waals surface area contributed by atoms with E-state index in [1.165, 1.54) is 21.8 Å². The van der Waals surface area contributed by atoms with Crippen molar-refractivity contribution in [3.05, 3.63) is 65.5 Å². The zero-order valence-corrected chi connectivity index (χ0v) is 10.8. The summed E-state index contributed by atoms with van der Waals surface area (Å²) in [7, 11) is -0.200. The van der Waals surface area contributed by atoms with E-state index in [-0.39, 0.29) is 7.92 Å². The van der Waals surface area contributed by atoms with Crippen LogP contribution in [0.2, 0.25) is 0 Å². The van der Waals surface area contributed by atoms with E-state index < -0.39 is 0 Å². The topological polar surface area (TPSA) is 0 Å². The van der Waals surface area contributed by atoms with E-state index >= 15 is 0 Å². The van der Waals surface area contributed by atoms with Crippen LogP contribution in [-0.2, 0) is 6.42 Å². The van der Waals surface area contributed by atoms with E-state index in [0.29, 0.717) is 0 Å². The Kier molecular flexibility index (Phi) is 3.41. The molecule has 0 aromatic heterocycles. The number of fused-ring (bicyclic) bond motifs is 1. The summed E-state index contributed by atoms with van der Waals surface area (Å²) in [6.07, 6.45) is 7.43. The minimum absolute atomic E-state index is 0.200. The molecule has 16 heavy (non-hydrogen) atoms. The van der Waals surface area contributed by atoms with Gasteiger partial charge in [0.15, 0.2) is 0 Å². The van der Waals surface area contributed by atoms with E-state index in [4.69, 9.17) is 0 Å². The highest BCUT2D eigenvalue weighted by atomic mass is 31.1. The molecule has 0 saturated heterocycles. The van der Waals surface area contributed by atoms with Gasteiger partial charge in [0, 0.05) is 0 Å². The Labute approximate surface area is 99.1 Å². The molecule has 2 rings (SSSR count). The molecule has 1 aliphatic heterocycles. The highest BCUT2D eigenvalue weighted by molar-refractivity contribution is 7.69. The van der Waals surface area contributed by atoms with Crippen LogP contribution in [0.4, 0.5) is 0 Å². The van der Waals surface area contributed by atoms with Gasteiger partial charge in [0.25, 0.3) is 0 Å². The molecule has 1 heterocycles. The first-order chi connectivity index (χ1) is 7.77. The number of hydrogen-bond acceptors (Lipinski definition) is 0. The number of rotatable bonds is 2. The summed E-state index contributed by atoms with van der Waals surface area (Å²) < 4.78 is 0. The number of allylic oxidation sites excluding steroid dienone is 5. The fourth-order valence-electron chi connectivity index (χ4n) is 2.18. The third-order valence-electron chi connectivity index (χ3n) is 3.00. The molecule has 0 N–H and O–H groups in total. The van der Waals surface area contributed by atoms with E-state index in [1.807, 2.05) is 6.08 Å². The van der Waals surface area contributed by atoms with Gasteiger partial charge < -0.3 is 0 Å². The van der Waals surface area contributed by atoms with Crippen molar-refractivity contribution in [2.24, 2.45) is 0 Å². The number of hydrogen-bond donors (Lipinski definition) is 0. The van der Waals surface area contributed by atoms with Crippen molar-refractivity contribution in [3.63, 3.8) is 0 Å². The van der Waals surface area contributed by atoms with Crippen molar-refractivity contribution < 1.29 is 0 Å². The van der Waals surface area contributed by atoms with Crippen molar-refractivity contribution in [1.82, 2.24) is 0 Å². The maximum atomic E-state index is 3.94. The van der Waals surface area contributed by atoms with Gasteiger partial charge in [-0.15, -0.1) is 0 Å². The fraction of sp³-hybridized carbons (Fsp3) is 0.200. The minimum atomic E-state index is -0.200. The third kappa shape index (κ3) is 1.90. The first-order valence-corrected chi connectivity index (χ1v) is 7.36. The Morgan fingerprint density at radius 1 is 1.31 bits per heavy atom. The highest BCUT2D eigenvalue weighted by Crippen LogP contribution is 2.47. The minimum Gasteiger partial charge on any atom is -0.0988 e. The first-order valence-electron chi connectivity index (χ1n) is 5.58. The summed E-state index contributed by atoms with van der Waals surface area (Å²) in [6.45, 7) is 8.36. The molecule has 0 fully saturated rings. The van der Waals surface area contributed by atoms with Crippen molar-refractivity contribution in [2.45, 2.75) is 13.3 Å². The van der Waals surface area contributed by atoms with Crippen LogP contribution in [-0.4, -0.2) is 6.66 Å². The second-order valence-corrected chi connectivity index (χ2v) is 6.06. The van der Waals surface area contributed by atoms with Crippen LogP contribution in [0, 0.1) is 0 Å². The zero-order chi connectivity index (χ0) is 11.5. The standard InChI is InChI=1S/C15H17P/c1-4-8-14-12(5-2)11-13-9-6-7-10-15(13)16(14)3/h4-10H,2,11H2,1,3H3/b8-4-. The summed E-state index contributed by atoms with van der Waals surface area (Å²) >= 11 is 0. The van der Waals surface area contributed by atoms with Gasteiger partial charge in [-0.05, 0) is 49.7 Å².